The quantitative estimate of drug-likeness (QED) is 0.456. The first kappa shape index (κ1) is 18.6. The Labute approximate surface area is 168 Å². The Hall–Kier alpha value is -3.80. The lowest BCUT2D eigenvalue weighted by atomic mass is 10.1. The number of benzene rings is 2. The second-order valence-electron chi connectivity index (χ2n) is 6.78. The van der Waals surface area contributed by atoms with Gasteiger partial charge in [0, 0.05) is 22.9 Å². The molecule has 29 heavy (non-hydrogen) atoms. The lowest BCUT2D eigenvalue weighted by molar-refractivity contribution is 0.101. The molecular weight excluding hydrogens is 364 g/mol. The van der Waals surface area contributed by atoms with Gasteiger partial charge in [0.1, 0.15) is 5.75 Å². The van der Waals surface area contributed by atoms with Gasteiger partial charge >= 0.3 is 0 Å². The van der Waals surface area contributed by atoms with Crippen LogP contribution in [0.5, 0.6) is 11.6 Å². The first-order valence-corrected chi connectivity index (χ1v) is 9.26. The summed E-state index contributed by atoms with van der Waals surface area (Å²) in [5.41, 5.74) is 4.14. The third kappa shape index (κ3) is 4.06. The van der Waals surface area contributed by atoms with Crippen LogP contribution in [0.4, 0.5) is 0 Å². The highest BCUT2D eigenvalue weighted by molar-refractivity contribution is 5.94. The third-order valence-corrected chi connectivity index (χ3v) is 4.44. The van der Waals surface area contributed by atoms with Crippen LogP contribution in [0.15, 0.2) is 66.7 Å². The number of hydrogen-bond donors (Lipinski definition) is 0. The fourth-order valence-electron chi connectivity index (χ4n) is 3.03. The number of carbonyl (C=O) groups is 1. The maximum absolute atomic E-state index is 11.5. The Morgan fingerprint density at radius 1 is 0.931 bits per heavy atom. The van der Waals surface area contributed by atoms with Crippen LogP contribution in [0, 0.1) is 13.8 Å². The van der Waals surface area contributed by atoms with Gasteiger partial charge in [-0.05, 0) is 51.1 Å². The van der Waals surface area contributed by atoms with E-state index in [1.165, 1.54) is 6.92 Å². The van der Waals surface area contributed by atoms with Crippen LogP contribution in [0.25, 0.3) is 17.2 Å². The van der Waals surface area contributed by atoms with Gasteiger partial charge in [-0.2, -0.15) is 10.1 Å². The second-order valence-corrected chi connectivity index (χ2v) is 6.78. The van der Waals surface area contributed by atoms with E-state index in [4.69, 9.17) is 9.72 Å². The number of carbonyl (C=O) groups excluding carboxylic acids is 1. The molecule has 6 heteroatoms. The smallest absolute Gasteiger partial charge is 0.254 e. The summed E-state index contributed by atoms with van der Waals surface area (Å²) in [4.78, 5) is 20.7. The lowest BCUT2D eigenvalue weighted by Gasteiger charge is -2.10. The molecule has 0 aliphatic rings. The molecule has 6 nitrogen and oxygen atoms in total. The molecular formula is C23H20N4O2. The van der Waals surface area contributed by atoms with Gasteiger partial charge in [-0.3, -0.25) is 4.79 Å². The molecule has 2 heterocycles. The fourth-order valence-corrected chi connectivity index (χ4v) is 3.03. The van der Waals surface area contributed by atoms with Crippen molar-refractivity contribution in [2.24, 2.45) is 0 Å². The number of nitrogens with zero attached hydrogens (tertiary/aromatic N) is 4. The van der Waals surface area contributed by atoms with Crippen molar-refractivity contribution in [3.8, 4) is 28.8 Å². The Balaban J connectivity index is 1.77. The van der Waals surface area contributed by atoms with Crippen molar-refractivity contribution in [3.63, 3.8) is 0 Å². The van der Waals surface area contributed by atoms with Crippen LogP contribution in [-0.2, 0) is 0 Å². The number of aromatic nitrogens is 4. The van der Waals surface area contributed by atoms with Gasteiger partial charge < -0.3 is 4.74 Å². The Morgan fingerprint density at radius 2 is 1.66 bits per heavy atom. The van der Waals surface area contributed by atoms with Crippen LogP contribution >= 0.6 is 0 Å². The zero-order chi connectivity index (χ0) is 20.4. The zero-order valence-corrected chi connectivity index (χ0v) is 16.5. The summed E-state index contributed by atoms with van der Waals surface area (Å²) in [5, 5.41) is 4.49. The number of Topliss-reactive ketones (excluding diaryl/α,β-unsaturated/α-hetero) is 1. The molecule has 2 aromatic heterocycles. The fraction of sp³-hybridized carbons (Fsp3) is 0.130. The van der Waals surface area contributed by atoms with Crippen molar-refractivity contribution in [1.82, 2.24) is 19.7 Å². The van der Waals surface area contributed by atoms with Gasteiger partial charge in [0.2, 0.25) is 5.88 Å². The van der Waals surface area contributed by atoms with E-state index >= 15 is 0 Å². The summed E-state index contributed by atoms with van der Waals surface area (Å²) >= 11 is 0. The van der Waals surface area contributed by atoms with E-state index in [0.29, 0.717) is 23.1 Å². The molecule has 0 atom stereocenters. The van der Waals surface area contributed by atoms with E-state index in [-0.39, 0.29) is 5.78 Å². The SMILES string of the molecule is CC(=O)c1ccc(Oc2cc(-c3ccccc3)nc(-n3nc(C)cc3C)n2)cc1. The monoisotopic (exact) mass is 384 g/mol. The zero-order valence-electron chi connectivity index (χ0n) is 16.5. The van der Waals surface area contributed by atoms with Crippen molar-refractivity contribution in [2.75, 3.05) is 0 Å². The summed E-state index contributed by atoms with van der Waals surface area (Å²) < 4.78 is 7.68. The summed E-state index contributed by atoms with van der Waals surface area (Å²) in [6, 6.07) is 20.6. The average molecular weight is 384 g/mol. The topological polar surface area (TPSA) is 69.9 Å². The molecule has 0 N–H and O–H groups in total. The number of hydrogen-bond acceptors (Lipinski definition) is 5. The highest BCUT2D eigenvalue weighted by Crippen LogP contribution is 2.26. The van der Waals surface area contributed by atoms with E-state index in [1.807, 2.05) is 50.2 Å². The standard InChI is InChI=1S/C23H20N4O2/c1-15-13-16(2)27(26-15)23-24-21(19-7-5-4-6-8-19)14-22(25-23)29-20-11-9-18(10-12-20)17(3)28/h4-14H,1-3H3. The van der Waals surface area contributed by atoms with Crippen LogP contribution < -0.4 is 4.74 Å². The van der Waals surface area contributed by atoms with Gasteiger partial charge in [-0.15, -0.1) is 0 Å². The van der Waals surface area contributed by atoms with Gasteiger partial charge in [-0.25, -0.2) is 9.67 Å². The second kappa shape index (κ2) is 7.67. The number of ether oxygens (including phenoxy) is 1. The third-order valence-electron chi connectivity index (χ3n) is 4.44. The summed E-state index contributed by atoms with van der Waals surface area (Å²) in [6.07, 6.45) is 0. The van der Waals surface area contributed by atoms with Gasteiger partial charge in [0.25, 0.3) is 5.95 Å². The highest BCUT2D eigenvalue weighted by Gasteiger charge is 2.13. The first-order chi connectivity index (χ1) is 14.0. The summed E-state index contributed by atoms with van der Waals surface area (Å²) in [5.74, 6) is 1.44. The van der Waals surface area contributed by atoms with E-state index < -0.39 is 0 Å². The Kier molecular flexibility index (Phi) is 4.91. The number of ketones is 1. The summed E-state index contributed by atoms with van der Waals surface area (Å²) in [7, 11) is 0. The molecule has 0 amide bonds. The van der Waals surface area contributed by atoms with Gasteiger partial charge in [0.15, 0.2) is 5.78 Å². The van der Waals surface area contributed by atoms with Crippen molar-refractivity contribution < 1.29 is 9.53 Å². The largest absolute Gasteiger partial charge is 0.439 e. The first-order valence-electron chi connectivity index (χ1n) is 9.26. The van der Waals surface area contributed by atoms with Crippen molar-refractivity contribution in [1.29, 1.82) is 0 Å². The minimum atomic E-state index is 0.0109. The molecule has 0 saturated heterocycles. The van der Waals surface area contributed by atoms with Crippen LogP contribution in [0.3, 0.4) is 0 Å². The Bertz CT molecular complexity index is 1170. The average Bonchev–Trinajstić information content (AvgIpc) is 3.07. The van der Waals surface area contributed by atoms with Crippen LogP contribution in [0.2, 0.25) is 0 Å². The predicted molar refractivity (Wildman–Crippen MR) is 111 cm³/mol. The Morgan fingerprint density at radius 3 is 2.28 bits per heavy atom. The molecule has 0 fully saturated rings. The molecule has 4 aromatic rings. The molecule has 0 bridgehead atoms. The highest BCUT2D eigenvalue weighted by atomic mass is 16.5. The molecule has 0 saturated carbocycles. The summed E-state index contributed by atoms with van der Waals surface area (Å²) in [6.45, 7) is 5.42. The van der Waals surface area contributed by atoms with E-state index in [9.17, 15) is 4.79 Å². The van der Waals surface area contributed by atoms with Crippen molar-refractivity contribution >= 4 is 5.78 Å². The molecule has 144 valence electrons. The van der Waals surface area contributed by atoms with Crippen molar-refractivity contribution in [3.05, 3.63) is 83.7 Å². The molecule has 0 aliphatic heterocycles. The predicted octanol–water partition coefficient (Wildman–Crippen LogP) is 4.94. The van der Waals surface area contributed by atoms with Gasteiger partial charge in [0.05, 0.1) is 11.4 Å². The molecule has 0 spiro atoms. The number of aryl methyl sites for hydroxylation is 2. The molecule has 2 aromatic carbocycles. The number of rotatable bonds is 5. The van der Waals surface area contributed by atoms with E-state index in [1.54, 1.807) is 35.0 Å². The van der Waals surface area contributed by atoms with Crippen LogP contribution in [0.1, 0.15) is 28.7 Å². The lowest BCUT2D eigenvalue weighted by Crippen LogP contribution is -2.07. The van der Waals surface area contributed by atoms with Crippen molar-refractivity contribution in [2.45, 2.75) is 20.8 Å². The molecule has 4 rings (SSSR count). The van der Waals surface area contributed by atoms with Gasteiger partial charge in [-0.1, -0.05) is 30.3 Å². The molecule has 0 aliphatic carbocycles. The minimum absolute atomic E-state index is 0.0109. The van der Waals surface area contributed by atoms with Crippen LogP contribution in [-0.4, -0.2) is 25.5 Å². The molecule has 0 radical (unpaired) electrons. The maximum Gasteiger partial charge on any atom is 0.254 e. The molecule has 0 unspecified atom stereocenters. The maximum atomic E-state index is 11.5. The minimum Gasteiger partial charge on any atom is -0.439 e. The normalized spacial score (nSPS) is 10.7. The van der Waals surface area contributed by atoms with E-state index in [0.717, 1.165) is 22.6 Å². The van der Waals surface area contributed by atoms with E-state index in [2.05, 4.69) is 10.1 Å².